The van der Waals surface area contributed by atoms with Crippen molar-refractivity contribution in [2.75, 3.05) is 40.8 Å². The lowest BCUT2D eigenvalue weighted by atomic mass is 10.1. The van der Waals surface area contributed by atoms with Crippen LogP contribution in [0.2, 0.25) is 5.02 Å². The third-order valence-electron chi connectivity index (χ3n) is 2.96. The van der Waals surface area contributed by atoms with Crippen molar-refractivity contribution in [1.29, 1.82) is 0 Å². The van der Waals surface area contributed by atoms with Gasteiger partial charge in [0.25, 0.3) is 5.91 Å². The van der Waals surface area contributed by atoms with Crippen molar-refractivity contribution in [2.24, 2.45) is 0 Å². The quantitative estimate of drug-likeness (QED) is 0.842. The summed E-state index contributed by atoms with van der Waals surface area (Å²) in [7, 11) is 5.80. The lowest BCUT2D eigenvalue weighted by molar-refractivity contribution is 0.0790. The van der Waals surface area contributed by atoms with E-state index in [-0.39, 0.29) is 12.5 Å². The van der Waals surface area contributed by atoms with E-state index >= 15 is 0 Å². The van der Waals surface area contributed by atoms with Crippen molar-refractivity contribution in [3.8, 4) is 11.8 Å². The van der Waals surface area contributed by atoms with Gasteiger partial charge in [-0.15, -0.1) is 0 Å². The van der Waals surface area contributed by atoms with Gasteiger partial charge in [-0.2, -0.15) is 0 Å². The SMILES string of the molecule is CN(C)CCCN(C)C(=O)c1ccc(C#CCO)c(Cl)c1. The fourth-order valence-electron chi connectivity index (χ4n) is 1.83. The number of carbonyl (C=O) groups excluding carboxylic acids is 1. The number of amides is 1. The highest BCUT2D eigenvalue weighted by atomic mass is 35.5. The van der Waals surface area contributed by atoms with Crippen molar-refractivity contribution >= 4 is 17.5 Å². The molecule has 1 N–H and O–H groups in total. The molecule has 0 heterocycles. The highest BCUT2D eigenvalue weighted by Gasteiger charge is 2.12. The molecule has 0 saturated heterocycles. The lowest BCUT2D eigenvalue weighted by Gasteiger charge is -2.18. The Kier molecular flexibility index (Phi) is 7.24. The minimum atomic E-state index is -0.217. The fourth-order valence-corrected chi connectivity index (χ4v) is 2.06. The Morgan fingerprint density at radius 2 is 2.00 bits per heavy atom. The van der Waals surface area contributed by atoms with E-state index in [1.807, 2.05) is 14.1 Å². The van der Waals surface area contributed by atoms with Crippen LogP contribution in [0.25, 0.3) is 0 Å². The van der Waals surface area contributed by atoms with Gasteiger partial charge in [-0.1, -0.05) is 23.4 Å². The highest BCUT2D eigenvalue weighted by molar-refractivity contribution is 6.32. The number of carbonyl (C=O) groups is 1. The molecule has 0 spiro atoms. The second kappa shape index (κ2) is 8.68. The summed E-state index contributed by atoms with van der Waals surface area (Å²) in [4.78, 5) is 16.1. The maximum absolute atomic E-state index is 12.3. The molecule has 114 valence electrons. The van der Waals surface area contributed by atoms with Crippen LogP contribution in [-0.4, -0.2) is 61.7 Å². The first-order valence-electron chi connectivity index (χ1n) is 6.75. The largest absolute Gasteiger partial charge is 0.384 e. The predicted molar refractivity (Wildman–Crippen MR) is 85.5 cm³/mol. The molecule has 0 saturated carbocycles. The summed E-state index contributed by atoms with van der Waals surface area (Å²) in [5.74, 6) is 5.22. The van der Waals surface area contributed by atoms with Crippen LogP contribution in [0, 0.1) is 11.8 Å². The molecular formula is C16H21ClN2O2. The van der Waals surface area contributed by atoms with Crippen LogP contribution in [0.4, 0.5) is 0 Å². The number of aliphatic hydroxyl groups is 1. The molecular weight excluding hydrogens is 288 g/mol. The lowest BCUT2D eigenvalue weighted by Crippen LogP contribution is -2.29. The summed E-state index contributed by atoms with van der Waals surface area (Å²) in [5, 5.41) is 9.09. The zero-order valence-corrected chi connectivity index (χ0v) is 13.4. The number of benzene rings is 1. The summed E-state index contributed by atoms with van der Waals surface area (Å²) >= 11 is 6.10. The van der Waals surface area contributed by atoms with E-state index in [0.29, 0.717) is 22.7 Å². The highest BCUT2D eigenvalue weighted by Crippen LogP contribution is 2.18. The first-order valence-corrected chi connectivity index (χ1v) is 7.13. The van der Waals surface area contributed by atoms with Crippen LogP contribution in [-0.2, 0) is 0 Å². The van der Waals surface area contributed by atoms with Crippen molar-refractivity contribution in [2.45, 2.75) is 6.42 Å². The predicted octanol–water partition coefficient (Wildman–Crippen LogP) is 1.71. The molecule has 0 radical (unpaired) electrons. The van der Waals surface area contributed by atoms with Crippen LogP contribution in [0.15, 0.2) is 18.2 Å². The molecule has 0 aliphatic carbocycles. The molecule has 1 amide bonds. The van der Waals surface area contributed by atoms with Crippen LogP contribution < -0.4 is 0 Å². The van der Waals surface area contributed by atoms with Gasteiger partial charge in [-0.3, -0.25) is 4.79 Å². The monoisotopic (exact) mass is 308 g/mol. The van der Waals surface area contributed by atoms with Crippen molar-refractivity contribution in [3.63, 3.8) is 0 Å². The van der Waals surface area contributed by atoms with Crippen LogP contribution in [0.3, 0.4) is 0 Å². The second-order valence-corrected chi connectivity index (χ2v) is 5.45. The van der Waals surface area contributed by atoms with E-state index < -0.39 is 0 Å². The van der Waals surface area contributed by atoms with Crippen LogP contribution in [0.1, 0.15) is 22.3 Å². The number of nitrogens with zero attached hydrogens (tertiary/aromatic N) is 2. The summed E-state index contributed by atoms with van der Waals surface area (Å²) in [6.07, 6.45) is 0.920. The number of halogens is 1. The van der Waals surface area contributed by atoms with Gasteiger partial charge in [0.05, 0.1) is 5.02 Å². The summed E-state index contributed by atoms with van der Waals surface area (Å²) in [5.41, 5.74) is 1.15. The Hall–Kier alpha value is -1.54. The number of rotatable bonds is 5. The van der Waals surface area contributed by atoms with Gasteiger partial charge >= 0.3 is 0 Å². The molecule has 5 heteroatoms. The van der Waals surface area contributed by atoms with E-state index in [4.69, 9.17) is 16.7 Å². The average molecular weight is 309 g/mol. The molecule has 4 nitrogen and oxygen atoms in total. The van der Waals surface area contributed by atoms with Gasteiger partial charge in [0, 0.05) is 24.7 Å². The summed E-state index contributed by atoms with van der Waals surface area (Å²) in [6, 6.07) is 5.03. The Morgan fingerprint density at radius 1 is 1.29 bits per heavy atom. The molecule has 0 atom stereocenters. The fraction of sp³-hybridized carbons (Fsp3) is 0.438. The molecule has 0 aromatic heterocycles. The van der Waals surface area contributed by atoms with E-state index in [1.165, 1.54) is 0 Å². The second-order valence-electron chi connectivity index (χ2n) is 5.04. The minimum Gasteiger partial charge on any atom is -0.384 e. The Balaban J connectivity index is 2.72. The molecule has 0 bridgehead atoms. The molecule has 21 heavy (non-hydrogen) atoms. The Bertz CT molecular complexity index is 547. The first-order chi connectivity index (χ1) is 9.95. The number of hydrogen-bond acceptors (Lipinski definition) is 3. The molecule has 1 aromatic rings. The van der Waals surface area contributed by atoms with Crippen molar-refractivity contribution in [3.05, 3.63) is 34.3 Å². The number of hydrogen-bond donors (Lipinski definition) is 1. The van der Waals surface area contributed by atoms with E-state index in [2.05, 4.69) is 16.7 Å². The van der Waals surface area contributed by atoms with Crippen molar-refractivity contribution < 1.29 is 9.90 Å². The van der Waals surface area contributed by atoms with E-state index in [1.54, 1.807) is 30.1 Å². The molecule has 0 fully saturated rings. The van der Waals surface area contributed by atoms with Gasteiger partial charge in [-0.25, -0.2) is 0 Å². The topological polar surface area (TPSA) is 43.8 Å². The smallest absolute Gasteiger partial charge is 0.253 e. The van der Waals surface area contributed by atoms with Crippen LogP contribution >= 0.6 is 11.6 Å². The average Bonchev–Trinajstić information content (AvgIpc) is 2.44. The normalized spacial score (nSPS) is 10.2. The first kappa shape index (κ1) is 17.5. The van der Waals surface area contributed by atoms with Crippen LogP contribution in [0.5, 0.6) is 0 Å². The molecule has 0 unspecified atom stereocenters. The molecule has 1 rings (SSSR count). The molecule has 0 aliphatic rings. The summed E-state index contributed by atoms with van der Waals surface area (Å²) in [6.45, 7) is 1.42. The van der Waals surface area contributed by atoms with Gasteiger partial charge in [0.2, 0.25) is 0 Å². The maximum atomic E-state index is 12.3. The summed E-state index contributed by atoms with van der Waals surface area (Å²) < 4.78 is 0. The van der Waals surface area contributed by atoms with E-state index in [0.717, 1.165) is 13.0 Å². The van der Waals surface area contributed by atoms with Gasteiger partial charge in [-0.05, 0) is 45.3 Å². The number of aliphatic hydroxyl groups excluding tert-OH is 1. The van der Waals surface area contributed by atoms with Crippen molar-refractivity contribution in [1.82, 2.24) is 9.80 Å². The Morgan fingerprint density at radius 3 is 2.57 bits per heavy atom. The Labute approximate surface area is 131 Å². The molecule has 0 aliphatic heterocycles. The maximum Gasteiger partial charge on any atom is 0.253 e. The van der Waals surface area contributed by atoms with E-state index in [9.17, 15) is 4.79 Å². The van der Waals surface area contributed by atoms with Gasteiger partial charge in [0.1, 0.15) is 6.61 Å². The zero-order chi connectivity index (χ0) is 15.8. The standard InChI is InChI=1S/C16H21ClN2O2/c1-18(2)9-5-10-19(3)16(21)14-8-7-13(6-4-11-20)15(17)12-14/h7-8,12,20H,5,9-11H2,1-3H3. The van der Waals surface area contributed by atoms with Gasteiger partial charge in [0.15, 0.2) is 0 Å². The third kappa shape index (κ3) is 5.76. The molecule has 1 aromatic carbocycles. The minimum absolute atomic E-state index is 0.0580. The zero-order valence-electron chi connectivity index (χ0n) is 12.7. The third-order valence-corrected chi connectivity index (χ3v) is 3.28. The van der Waals surface area contributed by atoms with Gasteiger partial charge < -0.3 is 14.9 Å².